The number of benzene rings is 1. The van der Waals surface area contributed by atoms with E-state index >= 15 is 0 Å². The van der Waals surface area contributed by atoms with Gasteiger partial charge >= 0.3 is 5.97 Å². The Morgan fingerprint density at radius 3 is 3.00 bits per heavy atom. The minimum atomic E-state index is -0.819. The van der Waals surface area contributed by atoms with Gasteiger partial charge in [0.2, 0.25) is 5.91 Å². The zero-order valence-corrected chi connectivity index (χ0v) is 12.7. The van der Waals surface area contributed by atoms with Crippen molar-refractivity contribution in [3.63, 3.8) is 0 Å². The van der Waals surface area contributed by atoms with E-state index in [1.165, 1.54) is 11.8 Å². The number of thioether (sulfide) groups is 1. The fraction of sp³-hybridized carbons (Fsp3) is 0.467. The molecular weight excluding hydrogens is 290 g/mol. The standard InChI is InChI=1S/C15H19NO4S/c1-2-20-13-7-12(13)15(19)16-11-5-3-4-10(6-11)8-21-9-14(17)18/h3-6,12-13H,2,7-9H2,1H3,(H,16,19)(H,17,18). The first-order chi connectivity index (χ1) is 10.1. The summed E-state index contributed by atoms with van der Waals surface area (Å²) in [7, 11) is 0. The molecule has 1 aliphatic rings. The zero-order valence-electron chi connectivity index (χ0n) is 11.9. The molecule has 1 aliphatic carbocycles. The van der Waals surface area contributed by atoms with Crippen molar-refractivity contribution in [2.24, 2.45) is 5.92 Å². The van der Waals surface area contributed by atoms with Crippen molar-refractivity contribution < 1.29 is 19.4 Å². The van der Waals surface area contributed by atoms with E-state index in [0.717, 1.165) is 17.7 Å². The van der Waals surface area contributed by atoms with E-state index < -0.39 is 5.97 Å². The SMILES string of the molecule is CCOC1CC1C(=O)Nc1cccc(CSCC(=O)O)c1. The van der Waals surface area contributed by atoms with Crippen LogP contribution in [0.1, 0.15) is 18.9 Å². The summed E-state index contributed by atoms with van der Waals surface area (Å²) >= 11 is 1.34. The van der Waals surface area contributed by atoms with Gasteiger partial charge in [-0.2, -0.15) is 0 Å². The Hall–Kier alpha value is -1.53. The fourth-order valence-corrected chi connectivity index (χ4v) is 2.77. The molecule has 21 heavy (non-hydrogen) atoms. The van der Waals surface area contributed by atoms with Crippen LogP contribution in [0.5, 0.6) is 0 Å². The first-order valence-electron chi connectivity index (χ1n) is 6.91. The van der Waals surface area contributed by atoms with Crippen LogP contribution in [0.15, 0.2) is 24.3 Å². The topological polar surface area (TPSA) is 75.6 Å². The molecule has 5 nitrogen and oxygen atoms in total. The number of nitrogens with one attached hydrogen (secondary N) is 1. The van der Waals surface area contributed by atoms with Crippen molar-refractivity contribution in [3.8, 4) is 0 Å². The third-order valence-electron chi connectivity index (χ3n) is 3.14. The van der Waals surface area contributed by atoms with E-state index in [1.54, 1.807) is 0 Å². The molecule has 0 radical (unpaired) electrons. The highest BCUT2D eigenvalue weighted by molar-refractivity contribution is 7.99. The van der Waals surface area contributed by atoms with Gasteiger partial charge in [-0.3, -0.25) is 9.59 Å². The molecule has 1 aromatic rings. The molecular formula is C15H19NO4S. The number of carboxylic acids is 1. The number of hydrogen-bond donors (Lipinski definition) is 2. The molecule has 1 fully saturated rings. The van der Waals surface area contributed by atoms with Crippen molar-refractivity contribution in [1.29, 1.82) is 0 Å². The molecule has 2 rings (SSSR count). The van der Waals surface area contributed by atoms with E-state index in [4.69, 9.17) is 9.84 Å². The number of amides is 1. The Labute approximate surface area is 128 Å². The third kappa shape index (κ3) is 5.06. The van der Waals surface area contributed by atoms with Crippen LogP contribution in [0.2, 0.25) is 0 Å². The summed E-state index contributed by atoms with van der Waals surface area (Å²) in [6.45, 7) is 2.55. The van der Waals surface area contributed by atoms with E-state index in [0.29, 0.717) is 12.4 Å². The molecule has 0 aliphatic heterocycles. The molecule has 2 atom stereocenters. The molecule has 114 valence electrons. The Kier molecular flexibility index (Phi) is 5.64. The molecule has 0 heterocycles. The summed E-state index contributed by atoms with van der Waals surface area (Å²) in [6.07, 6.45) is 0.845. The lowest BCUT2D eigenvalue weighted by Crippen LogP contribution is -2.16. The van der Waals surface area contributed by atoms with Crippen LogP contribution in [-0.2, 0) is 20.1 Å². The Bertz CT molecular complexity index is 520. The fourth-order valence-electron chi connectivity index (χ4n) is 2.08. The number of carboxylic acid groups (broad SMARTS) is 1. The van der Waals surface area contributed by atoms with Crippen LogP contribution < -0.4 is 5.32 Å². The molecule has 2 N–H and O–H groups in total. The van der Waals surface area contributed by atoms with Crippen molar-refractivity contribution in [2.75, 3.05) is 17.7 Å². The smallest absolute Gasteiger partial charge is 0.313 e. The van der Waals surface area contributed by atoms with Gasteiger partial charge in [-0.15, -0.1) is 11.8 Å². The van der Waals surface area contributed by atoms with Crippen LogP contribution >= 0.6 is 11.8 Å². The Morgan fingerprint density at radius 1 is 1.48 bits per heavy atom. The van der Waals surface area contributed by atoms with Crippen molar-refractivity contribution in [2.45, 2.75) is 25.2 Å². The Morgan fingerprint density at radius 2 is 2.29 bits per heavy atom. The second-order valence-corrected chi connectivity index (χ2v) is 5.90. The van der Waals surface area contributed by atoms with Gasteiger partial charge in [0.1, 0.15) is 0 Å². The summed E-state index contributed by atoms with van der Waals surface area (Å²) in [4.78, 5) is 22.5. The molecule has 0 bridgehead atoms. The van der Waals surface area contributed by atoms with E-state index in [-0.39, 0.29) is 23.7 Å². The van der Waals surface area contributed by atoms with Crippen LogP contribution in [0.4, 0.5) is 5.69 Å². The lowest BCUT2D eigenvalue weighted by Gasteiger charge is -2.07. The number of hydrogen-bond acceptors (Lipinski definition) is 4. The minimum Gasteiger partial charge on any atom is -0.481 e. The average molecular weight is 309 g/mol. The number of anilines is 1. The number of carbonyl (C=O) groups excluding carboxylic acids is 1. The van der Waals surface area contributed by atoms with Gasteiger partial charge in [-0.05, 0) is 31.0 Å². The molecule has 0 saturated heterocycles. The molecule has 0 spiro atoms. The highest BCUT2D eigenvalue weighted by atomic mass is 32.2. The van der Waals surface area contributed by atoms with Gasteiger partial charge in [-0.25, -0.2) is 0 Å². The lowest BCUT2D eigenvalue weighted by molar-refractivity contribution is -0.133. The number of aliphatic carboxylic acids is 1. The minimum absolute atomic E-state index is 0.0104. The maximum atomic E-state index is 12.0. The highest BCUT2D eigenvalue weighted by Crippen LogP contribution is 2.34. The number of carbonyl (C=O) groups is 2. The predicted octanol–water partition coefficient (Wildman–Crippen LogP) is 2.37. The molecule has 2 unspecified atom stereocenters. The van der Waals surface area contributed by atoms with Crippen LogP contribution in [-0.4, -0.2) is 35.4 Å². The summed E-state index contributed by atoms with van der Waals surface area (Å²) in [5.74, 6) is -0.186. The number of rotatable bonds is 8. The van der Waals surface area contributed by atoms with Crippen molar-refractivity contribution >= 4 is 29.3 Å². The summed E-state index contributed by atoms with van der Waals surface area (Å²) in [5.41, 5.74) is 1.74. The molecule has 0 aromatic heterocycles. The third-order valence-corrected chi connectivity index (χ3v) is 4.13. The second kappa shape index (κ2) is 7.47. The first-order valence-corrected chi connectivity index (χ1v) is 8.06. The predicted molar refractivity (Wildman–Crippen MR) is 82.4 cm³/mol. The summed E-state index contributed by atoms with van der Waals surface area (Å²) in [5, 5.41) is 11.5. The van der Waals surface area contributed by atoms with Crippen molar-refractivity contribution in [1.82, 2.24) is 0 Å². The molecule has 1 amide bonds. The first kappa shape index (κ1) is 15.9. The van der Waals surface area contributed by atoms with Gasteiger partial charge in [0.25, 0.3) is 0 Å². The normalized spacial score (nSPS) is 20.0. The maximum absolute atomic E-state index is 12.0. The van der Waals surface area contributed by atoms with E-state index in [1.807, 2.05) is 31.2 Å². The van der Waals surface area contributed by atoms with E-state index in [9.17, 15) is 9.59 Å². The summed E-state index contributed by atoms with van der Waals surface area (Å²) < 4.78 is 5.40. The van der Waals surface area contributed by atoms with Gasteiger partial charge in [0.05, 0.1) is 17.8 Å². The zero-order chi connectivity index (χ0) is 15.2. The van der Waals surface area contributed by atoms with Crippen molar-refractivity contribution in [3.05, 3.63) is 29.8 Å². The molecule has 6 heteroatoms. The molecule has 1 aromatic carbocycles. The summed E-state index contributed by atoms with van der Waals surface area (Å²) in [6, 6.07) is 7.50. The van der Waals surface area contributed by atoms with Crippen LogP contribution in [0.3, 0.4) is 0 Å². The maximum Gasteiger partial charge on any atom is 0.313 e. The van der Waals surface area contributed by atoms with Gasteiger partial charge < -0.3 is 15.2 Å². The van der Waals surface area contributed by atoms with Gasteiger partial charge in [0, 0.05) is 18.0 Å². The lowest BCUT2D eigenvalue weighted by atomic mass is 10.2. The average Bonchev–Trinajstić information content (AvgIpc) is 3.19. The molecule has 1 saturated carbocycles. The van der Waals surface area contributed by atoms with Crippen LogP contribution in [0.25, 0.3) is 0 Å². The largest absolute Gasteiger partial charge is 0.481 e. The quantitative estimate of drug-likeness (QED) is 0.771. The Balaban J connectivity index is 1.83. The highest BCUT2D eigenvalue weighted by Gasteiger charge is 2.43. The van der Waals surface area contributed by atoms with Gasteiger partial charge in [-0.1, -0.05) is 12.1 Å². The van der Waals surface area contributed by atoms with E-state index in [2.05, 4.69) is 5.32 Å². The van der Waals surface area contributed by atoms with Crippen LogP contribution in [0, 0.1) is 5.92 Å². The second-order valence-electron chi connectivity index (χ2n) is 4.91. The van der Waals surface area contributed by atoms with Gasteiger partial charge in [0.15, 0.2) is 0 Å². The number of ether oxygens (including phenoxy) is 1. The monoisotopic (exact) mass is 309 g/mol.